The lowest BCUT2D eigenvalue weighted by atomic mass is 10.0. The molecule has 0 aliphatic heterocycles. The van der Waals surface area contributed by atoms with E-state index in [1.165, 1.54) is 0 Å². The van der Waals surface area contributed by atoms with E-state index in [0.717, 1.165) is 16.7 Å². The number of aromatic nitrogens is 1. The van der Waals surface area contributed by atoms with Crippen LogP contribution in [0.5, 0.6) is 0 Å². The summed E-state index contributed by atoms with van der Waals surface area (Å²) in [5.41, 5.74) is 14.7. The lowest BCUT2D eigenvalue weighted by molar-refractivity contribution is 0.737. The molecule has 16 heavy (non-hydrogen) atoms. The number of benzene rings is 1. The first-order chi connectivity index (χ1) is 7.81. The Labute approximate surface area is 95.1 Å². The Morgan fingerprint density at radius 2 is 1.81 bits per heavy atom. The molecule has 2 rings (SSSR count). The highest BCUT2D eigenvalue weighted by atomic mass is 14.7. The van der Waals surface area contributed by atoms with Crippen molar-refractivity contribution >= 4 is 0 Å². The topological polar surface area (TPSA) is 64.9 Å². The smallest absolute Gasteiger partial charge is 0.0419 e. The molecule has 3 nitrogen and oxygen atoms in total. The summed E-state index contributed by atoms with van der Waals surface area (Å²) in [4.78, 5) is 4.09. The second-order valence-electron chi connectivity index (χ2n) is 3.71. The van der Waals surface area contributed by atoms with E-state index in [0.29, 0.717) is 6.54 Å². The van der Waals surface area contributed by atoms with E-state index >= 15 is 0 Å². The fourth-order valence-electron chi connectivity index (χ4n) is 1.59. The molecule has 1 aromatic carbocycles. The van der Waals surface area contributed by atoms with Gasteiger partial charge in [0.1, 0.15) is 0 Å². The summed E-state index contributed by atoms with van der Waals surface area (Å²) in [6, 6.07) is 12.0. The molecule has 4 N–H and O–H groups in total. The van der Waals surface area contributed by atoms with Crippen LogP contribution in [-0.2, 0) is 0 Å². The summed E-state index contributed by atoms with van der Waals surface area (Å²) < 4.78 is 0. The van der Waals surface area contributed by atoms with Crippen LogP contribution in [-0.4, -0.2) is 11.5 Å². The van der Waals surface area contributed by atoms with Gasteiger partial charge in [-0.1, -0.05) is 30.3 Å². The van der Waals surface area contributed by atoms with Gasteiger partial charge in [0, 0.05) is 25.0 Å². The highest BCUT2D eigenvalue weighted by Crippen LogP contribution is 2.20. The Morgan fingerprint density at radius 3 is 2.38 bits per heavy atom. The molecule has 0 amide bonds. The minimum Gasteiger partial charge on any atom is -0.329 e. The van der Waals surface area contributed by atoms with Gasteiger partial charge in [-0.2, -0.15) is 0 Å². The van der Waals surface area contributed by atoms with Crippen LogP contribution in [0.4, 0.5) is 0 Å². The number of nitrogens with two attached hydrogens (primary N) is 2. The van der Waals surface area contributed by atoms with Gasteiger partial charge in [0.05, 0.1) is 0 Å². The van der Waals surface area contributed by atoms with Crippen molar-refractivity contribution in [2.24, 2.45) is 11.5 Å². The SMILES string of the molecule is NC[C@H](N)c1ccc(-c2cccnc2)cc1. The van der Waals surface area contributed by atoms with Gasteiger partial charge in [-0.3, -0.25) is 4.98 Å². The molecule has 0 saturated heterocycles. The minimum atomic E-state index is -0.0806. The van der Waals surface area contributed by atoms with Crippen molar-refractivity contribution in [3.8, 4) is 11.1 Å². The summed E-state index contributed by atoms with van der Waals surface area (Å²) in [6.45, 7) is 0.465. The first-order valence-electron chi connectivity index (χ1n) is 5.27. The molecular formula is C13H15N3. The highest BCUT2D eigenvalue weighted by Gasteiger charge is 2.03. The lowest BCUT2D eigenvalue weighted by Gasteiger charge is -2.09. The van der Waals surface area contributed by atoms with Crippen molar-refractivity contribution in [3.63, 3.8) is 0 Å². The van der Waals surface area contributed by atoms with E-state index < -0.39 is 0 Å². The van der Waals surface area contributed by atoms with E-state index in [1.807, 2.05) is 42.6 Å². The summed E-state index contributed by atoms with van der Waals surface area (Å²) >= 11 is 0. The maximum absolute atomic E-state index is 5.85. The fraction of sp³-hybridized carbons (Fsp3) is 0.154. The van der Waals surface area contributed by atoms with Crippen LogP contribution >= 0.6 is 0 Å². The van der Waals surface area contributed by atoms with Crippen LogP contribution in [0, 0.1) is 0 Å². The van der Waals surface area contributed by atoms with Crippen molar-refractivity contribution in [2.45, 2.75) is 6.04 Å². The van der Waals surface area contributed by atoms with Crippen LogP contribution in [0.3, 0.4) is 0 Å². The summed E-state index contributed by atoms with van der Waals surface area (Å²) in [6.07, 6.45) is 3.61. The molecule has 0 aliphatic carbocycles. The van der Waals surface area contributed by atoms with E-state index in [4.69, 9.17) is 11.5 Å². The van der Waals surface area contributed by atoms with E-state index in [2.05, 4.69) is 4.98 Å². The van der Waals surface area contributed by atoms with Gasteiger partial charge >= 0.3 is 0 Å². The average molecular weight is 213 g/mol. The van der Waals surface area contributed by atoms with Crippen molar-refractivity contribution in [1.82, 2.24) is 4.98 Å². The van der Waals surface area contributed by atoms with Gasteiger partial charge in [0.25, 0.3) is 0 Å². The second kappa shape index (κ2) is 4.88. The maximum atomic E-state index is 5.85. The van der Waals surface area contributed by atoms with Crippen LogP contribution in [0.25, 0.3) is 11.1 Å². The summed E-state index contributed by atoms with van der Waals surface area (Å²) in [5.74, 6) is 0. The van der Waals surface area contributed by atoms with Crippen molar-refractivity contribution in [1.29, 1.82) is 0 Å². The largest absolute Gasteiger partial charge is 0.329 e. The molecule has 0 radical (unpaired) electrons. The Kier molecular flexibility index (Phi) is 3.29. The Bertz CT molecular complexity index is 436. The number of hydrogen-bond acceptors (Lipinski definition) is 3. The third kappa shape index (κ3) is 2.27. The number of nitrogens with zero attached hydrogens (tertiary/aromatic N) is 1. The normalized spacial score (nSPS) is 12.4. The third-order valence-electron chi connectivity index (χ3n) is 2.59. The first-order valence-corrected chi connectivity index (χ1v) is 5.27. The molecule has 2 aromatic rings. The fourth-order valence-corrected chi connectivity index (χ4v) is 1.59. The zero-order valence-electron chi connectivity index (χ0n) is 9.01. The van der Waals surface area contributed by atoms with E-state index in [1.54, 1.807) is 6.20 Å². The molecule has 3 heteroatoms. The quantitative estimate of drug-likeness (QED) is 0.815. The third-order valence-corrected chi connectivity index (χ3v) is 2.59. The standard InChI is InChI=1S/C13H15N3/c14-8-13(15)11-5-3-10(4-6-11)12-2-1-7-16-9-12/h1-7,9,13H,8,14-15H2/t13-/m0/s1. The molecule has 0 spiro atoms. The lowest BCUT2D eigenvalue weighted by Crippen LogP contribution is -2.20. The predicted octanol–water partition coefficient (Wildman–Crippen LogP) is 1.71. The Hall–Kier alpha value is -1.71. The van der Waals surface area contributed by atoms with Gasteiger partial charge in [-0.05, 0) is 22.8 Å². The van der Waals surface area contributed by atoms with E-state index in [-0.39, 0.29) is 6.04 Å². The molecule has 0 fully saturated rings. The number of rotatable bonds is 3. The predicted molar refractivity (Wildman–Crippen MR) is 65.7 cm³/mol. The zero-order chi connectivity index (χ0) is 11.4. The summed E-state index contributed by atoms with van der Waals surface area (Å²) in [5, 5.41) is 0. The Balaban J connectivity index is 2.26. The molecule has 0 saturated carbocycles. The van der Waals surface area contributed by atoms with Crippen LogP contribution < -0.4 is 11.5 Å². The van der Waals surface area contributed by atoms with Gasteiger partial charge < -0.3 is 11.5 Å². The molecular weight excluding hydrogens is 198 g/mol. The molecule has 1 aromatic heterocycles. The van der Waals surface area contributed by atoms with Gasteiger partial charge in [-0.15, -0.1) is 0 Å². The average Bonchev–Trinajstić information content (AvgIpc) is 2.39. The summed E-state index contributed by atoms with van der Waals surface area (Å²) in [7, 11) is 0. The van der Waals surface area contributed by atoms with Gasteiger partial charge in [-0.25, -0.2) is 0 Å². The van der Waals surface area contributed by atoms with Crippen LogP contribution in [0.15, 0.2) is 48.8 Å². The molecule has 82 valence electrons. The van der Waals surface area contributed by atoms with Gasteiger partial charge in [0.15, 0.2) is 0 Å². The first kappa shape index (κ1) is 10.8. The Morgan fingerprint density at radius 1 is 1.06 bits per heavy atom. The molecule has 1 atom stereocenters. The number of pyridine rings is 1. The maximum Gasteiger partial charge on any atom is 0.0419 e. The van der Waals surface area contributed by atoms with Gasteiger partial charge in [0.2, 0.25) is 0 Å². The highest BCUT2D eigenvalue weighted by molar-refractivity contribution is 5.62. The zero-order valence-corrected chi connectivity index (χ0v) is 9.01. The van der Waals surface area contributed by atoms with Crippen LogP contribution in [0.2, 0.25) is 0 Å². The molecule has 0 unspecified atom stereocenters. The van der Waals surface area contributed by atoms with Crippen molar-refractivity contribution in [2.75, 3.05) is 6.54 Å². The van der Waals surface area contributed by atoms with E-state index in [9.17, 15) is 0 Å². The minimum absolute atomic E-state index is 0.0806. The molecule has 0 bridgehead atoms. The van der Waals surface area contributed by atoms with Crippen LogP contribution in [0.1, 0.15) is 11.6 Å². The van der Waals surface area contributed by atoms with Crippen molar-refractivity contribution in [3.05, 3.63) is 54.4 Å². The molecule has 0 aliphatic rings. The molecule has 1 heterocycles. The second-order valence-corrected chi connectivity index (χ2v) is 3.71. The van der Waals surface area contributed by atoms with Crippen molar-refractivity contribution < 1.29 is 0 Å². The monoisotopic (exact) mass is 213 g/mol. The number of hydrogen-bond donors (Lipinski definition) is 2.